The number of benzene rings is 2. The highest BCUT2D eigenvalue weighted by Gasteiger charge is 2.23. The van der Waals surface area contributed by atoms with Crippen molar-refractivity contribution in [3.8, 4) is 11.5 Å². The molecular weight excluding hydrogens is 473 g/mol. The van der Waals surface area contributed by atoms with Crippen molar-refractivity contribution in [2.45, 2.75) is 6.42 Å². The second-order valence-electron chi connectivity index (χ2n) is 6.67. The van der Waals surface area contributed by atoms with Gasteiger partial charge in [-0.05, 0) is 54.0 Å². The first-order valence-corrected chi connectivity index (χ1v) is 11.4. The van der Waals surface area contributed by atoms with Crippen LogP contribution in [0.5, 0.6) is 11.5 Å². The minimum absolute atomic E-state index is 0.0545. The van der Waals surface area contributed by atoms with Gasteiger partial charge < -0.3 is 20.8 Å². The lowest BCUT2D eigenvalue weighted by Gasteiger charge is -2.08. The van der Waals surface area contributed by atoms with E-state index in [1.165, 1.54) is 0 Å². The molecule has 0 saturated carbocycles. The van der Waals surface area contributed by atoms with E-state index in [4.69, 9.17) is 24.4 Å². The second kappa shape index (κ2) is 8.83. The Balaban J connectivity index is 1.60. The van der Waals surface area contributed by atoms with Crippen LogP contribution in [-0.2, 0) is 16.0 Å². The van der Waals surface area contributed by atoms with Gasteiger partial charge in [0.1, 0.15) is 20.1 Å². The molecule has 0 aliphatic carbocycles. The smallest absolute Gasteiger partial charge is 0.263 e. The molecule has 0 spiro atoms. The van der Waals surface area contributed by atoms with Crippen LogP contribution in [0.15, 0.2) is 46.2 Å². The van der Waals surface area contributed by atoms with E-state index in [0.717, 1.165) is 34.7 Å². The molecule has 2 heterocycles. The molecule has 0 unspecified atom stereocenters. The molecule has 2 aromatic carbocycles. The minimum Gasteiger partial charge on any atom is -0.507 e. The number of amides is 2. The number of nitrogens with one attached hydrogen (secondary N) is 2. The standard InChI is InChI=1S/C21H14N2O4S4/c24-14-3-1-10(6-12(14)8-16-18(26)22-20(28)30-16)5-11-2-4-15(25)13(7-11)9-17-19(27)23-21(29)31-17/h1-4,6-9,24-25H,5H2,(H,22,26,28)(H,23,27,29)/b16-8-,17-9+. The summed E-state index contributed by atoms with van der Waals surface area (Å²) in [6, 6.07) is 10.3. The molecule has 4 rings (SSSR count). The Morgan fingerprint density at radius 1 is 0.774 bits per heavy atom. The van der Waals surface area contributed by atoms with Gasteiger partial charge in [0.25, 0.3) is 11.8 Å². The number of carbonyl (C=O) groups is 2. The van der Waals surface area contributed by atoms with E-state index in [1.807, 2.05) is 0 Å². The second-order valence-corrected chi connectivity index (χ2v) is 10.1. The molecule has 10 heteroatoms. The van der Waals surface area contributed by atoms with E-state index < -0.39 is 0 Å². The Bertz CT molecular complexity index is 1130. The van der Waals surface area contributed by atoms with Crippen molar-refractivity contribution in [3.63, 3.8) is 0 Å². The van der Waals surface area contributed by atoms with Gasteiger partial charge >= 0.3 is 0 Å². The number of aromatic hydroxyl groups is 2. The van der Waals surface area contributed by atoms with E-state index in [0.29, 0.717) is 36.0 Å². The normalized spacial score (nSPS) is 18.7. The van der Waals surface area contributed by atoms with E-state index in [2.05, 4.69) is 10.6 Å². The van der Waals surface area contributed by atoms with Crippen molar-refractivity contribution in [2.24, 2.45) is 0 Å². The number of phenolic OH excluding ortho intramolecular Hbond substituents is 2. The fraction of sp³-hybridized carbons (Fsp3) is 0.0476. The Hall–Kier alpha value is -2.66. The number of hydrogen-bond acceptors (Lipinski definition) is 8. The maximum atomic E-state index is 11.9. The lowest BCUT2D eigenvalue weighted by atomic mass is 9.99. The van der Waals surface area contributed by atoms with Crippen LogP contribution in [0.25, 0.3) is 12.2 Å². The molecule has 6 nitrogen and oxygen atoms in total. The van der Waals surface area contributed by atoms with Gasteiger partial charge in [0, 0.05) is 11.1 Å². The average molecular weight is 487 g/mol. The quantitative estimate of drug-likeness (QED) is 0.384. The number of thioether (sulfide) groups is 2. The molecule has 156 valence electrons. The van der Waals surface area contributed by atoms with Crippen LogP contribution in [0.4, 0.5) is 0 Å². The van der Waals surface area contributed by atoms with Crippen molar-refractivity contribution in [3.05, 3.63) is 68.5 Å². The highest BCUT2D eigenvalue weighted by molar-refractivity contribution is 8.27. The highest BCUT2D eigenvalue weighted by atomic mass is 32.2. The topological polar surface area (TPSA) is 98.7 Å². The summed E-state index contributed by atoms with van der Waals surface area (Å²) in [5, 5.41) is 25.5. The molecule has 2 aromatic rings. The van der Waals surface area contributed by atoms with Crippen molar-refractivity contribution in [1.82, 2.24) is 10.6 Å². The summed E-state index contributed by atoms with van der Waals surface area (Å²) in [4.78, 5) is 24.6. The van der Waals surface area contributed by atoms with Gasteiger partial charge in [-0.2, -0.15) is 0 Å². The third kappa shape index (κ3) is 4.99. The molecule has 2 amide bonds. The number of thiocarbonyl (C=S) groups is 2. The molecule has 2 fully saturated rings. The minimum atomic E-state index is -0.288. The summed E-state index contributed by atoms with van der Waals surface area (Å²) in [7, 11) is 0. The monoisotopic (exact) mass is 486 g/mol. The summed E-state index contributed by atoms with van der Waals surface area (Å²) in [5.74, 6) is -0.466. The first kappa shape index (κ1) is 21.6. The number of phenols is 2. The Morgan fingerprint density at radius 2 is 1.19 bits per heavy atom. The molecular formula is C21H14N2O4S4. The summed E-state index contributed by atoms with van der Waals surface area (Å²) >= 11 is 12.3. The van der Waals surface area contributed by atoms with Crippen LogP contribution in [0.3, 0.4) is 0 Å². The van der Waals surface area contributed by atoms with Crippen LogP contribution in [0.1, 0.15) is 22.3 Å². The maximum absolute atomic E-state index is 11.9. The zero-order valence-electron chi connectivity index (χ0n) is 15.7. The summed E-state index contributed by atoms with van der Waals surface area (Å²) in [6.45, 7) is 0. The average Bonchev–Trinajstić information content (AvgIpc) is 3.20. The van der Waals surface area contributed by atoms with E-state index in [1.54, 1.807) is 48.6 Å². The summed E-state index contributed by atoms with van der Waals surface area (Å²) < 4.78 is 0.764. The Morgan fingerprint density at radius 3 is 1.55 bits per heavy atom. The van der Waals surface area contributed by atoms with E-state index in [-0.39, 0.29) is 23.3 Å². The largest absolute Gasteiger partial charge is 0.507 e. The summed E-state index contributed by atoms with van der Waals surface area (Å²) in [5.41, 5.74) is 2.81. The van der Waals surface area contributed by atoms with Crippen molar-refractivity contribution in [1.29, 1.82) is 0 Å². The Kier molecular flexibility index (Phi) is 6.15. The van der Waals surface area contributed by atoms with Crippen molar-refractivity contribution < 1.29 is 19.8 Å². The molecule has 4 N–H and O–H groups in total. The van der Waals surface area contributed by atoms with Gasteiger partial charge in [0.05, 0.1) is 9.81 Å². The lowest BCUT2D eigenvalue weighted by Crippen LogP contribution is -2.17. The Labute approximate surface area is 196 Å². The number of hydrogen-bond donors (Lipinski definition) is 4. The van der Waals surface area contributed by atoms with Gasteiger partial charge in [0.2, 0.25) is 0 Å². The number of carbonyl (C=O) groups excluding carboxylic acids is 2. The molecule has 0 bridgehead atoms. The van der Waals surface area contributed by atoms with Gasteiger partial charge in [-0.15, -0.1) is 0 Å². The molecule has 2 aliphatic heterocycles. The molecule has 0 radical (unpaired) electrons. The fourth-order valence-corrected chi connectivity index (χ4v) is 5.09. The maximum Gasteiger partial charge on any atom is 0.263 e. The van der Waals surface area contributed by atoms with Gasteiger partial charge in [-0.1, -0.05) is 60.1 Å². The molecule has 2 saturated heterocycles. The first-order chi connectivity index (χ1) is 14.8. The third-order valence-electron chi connectivity index (χ3n) is 4.45. The van der Waals surface area contributed by atoms with Crippen molar-refractivity contribution in [2.75, 3.05) is 0 Å². The van der Waals surface area contributed by atoms with E-state index >= 15 is 0 Å². The van der Waals surface area contributed by atoms with Crippen LogP contribution >= 0.6 is 48.0 Å². The zero-order chi connectivity index (χ0) is 22.1. The fourth-order valence-electron chi connectivity index (χ4n) is 3.02. The third-order valence-corrected chi connectivity index (χ3v) is 6.77. The molecule has 2 aliphatic rings. The van der Waals surface area contributed by atoms with Crippen LogP contribution in [0, 0.1) is 0 Å². The van der Waals surface area contributed by atoms with Crippen LogP contribution in [-0.4, -0.2) is 30.7 Å². The zero-order valence-corrected chi connectivity index (χ0v) is 18.9. The number of rotatable bonds is 4. The van der Waals surface area contributed by atoms with Gasteiger partial charge in [-0.25, -0.2) is 0 Å². The van der Waals surface area contributed by atoms with Gasteiger partial charge in [-0.3, -0.25) is 9.59 Å². The SMILES string of the molecule is O=C1NC(=S)S/C1=C\c1cc(Cc2ccc(O)c(/C=C3/SC(=S)NC3=O)c2)ccc1O. The van der Waals surface area contributed by atoms with Crippen LogP contribution in [0.2, 0.25) is 0 Å². The van der Waals surface area contributed by atoms with Gasteiger partial charge in [0.15, 0.2) is 0 Å². The first-order valence-electron chi connectivity index (χ1n) is 8.92. The molecule has 0 atom stereocenters. The highest BCUT2D eigenvalue weighted by Crippen LogP contribution is 2.32. The molecule has 0 aromatic heterocycles. The lowest BCUT2D eigenvalue weighted by molar-refractivity contribution is -0.116. The predicted octanol–water partition coefficient (Wildman–Crippen LogP) is 3.67. The van der Waals surface area contributed by atoms with Crippen molar-refractivity contribution >= 4 is 80.6 Å². The molecule has 31 heavy (non-hydrogen) atoms. The van der Waals surface area contributed by atoms with Crippen LogP contribution < -0.4 is 10.6 Å². The summed E-state index contributed by atoms with van der Waals surface area (Å²) in [6.07, 6.45) is 3.72. The predicted molar refractivity (Wildman–Crippen MR) is 132 cm³/mol. The van der Waals surface area contributed by atoms with E-state index in [9.17, 15) is 19.8 Å².